The van der Waals surface area contributed by atoms with E-state index in [1.165, 1.54) is 25.7 Å². The third-order valence-corrected chi connectivity index (χ3v) is 8.23. The van der Waals surface area contributed by atoms with E-state index in [-0.39, 0.29) is 0 Å². The standard InChI is InChI=1S/C40H50O4/c1-5-9-11-31(7-3)29-43-39-25-38(24-22-34-15-19-36(28-42)20-16-34)40(44-30-32(8-4)12-10-6-2)26-37(39)23-21-33-13-17-35(27-41)18-14-33/h13-28,31-32H,5-12,29-30H2,1-4H3/b23-21+,24-22+. The fourth-order valence-corrected chi connectivity index (χ4v) is 5.06. The molecule has 0 N–H and O–H groups in total. The zero-order chi connectivity index (χ0) is 31.6. The van der Waals surface area contributed by atoms with Crippen molar-refractivity contribution in [1.82, 2.24) is 0 Å². The van der Waals surface area contributed by atoms with Gasteiger partial charge in [0.2, 0.25) is 0 Å². The molecular weight excluding hydrogens is 544 g/mol. The number of ether oxygens (including phenoxy) is 2. The van der Waals surface area contributed by atoms with E-state index >= 15 is 0 Å². The van der Waals surface area contributed by atoms with Gasteiger partial charge in [-0.3, -0.25) is 9.59 Å². The summed E-state index contributed by atoms with van der Waals surface area (Å²) in [4.78, 5) is 22.2. The van der Waals surface area contributed by atoms with Crippen LogP contribution in [-0.4, -0.2) is 25.8 Å². The molecule has 2 unspecified atom stereocenters. The molecule has 3 rings (SSSR count). The van der Waals surface area contributed by atoms with Gasteiger partial charge in [-0.1, -0.05) is 139 Å². The minimum Gasteiger partial charge on any atom is -0.493 e. The van der Waals surface area contributed by atoms with Crippen LogP contribution >= 0.6 is 0 Å². The molecule has 44 heavy (non-hydrogen) atoms. The second-order valence-corrected chi connectivity index (χ2v) is 11.6. The number of carbonyl (C=O) groups excluding carboxylic acids is 2. The Hall–Kier alpha value is -3.92. The molecule has 0 saturated heterocycles. The van der Waals surface area contributed by atoms with Crippen molar-refractivity contribution >= 4 is 36.9 Å². The summed E-state index contributed by atoms with van der Waals surface area (Å²) in [6.07, 6.45) is 19.2. The van der Waals surface area contributed by atoms with Crippen LogP contribution in [0, 0.1) is 11.8 Å². The molecule has 0 fully saturated rings. The van der Waals surface area contributed by atoms with E-state index in [0.29, 0.717) is 36.2 Å². The van der Waals surface area contributed by atoms with E-state index in [1.54, 1.807) is 0 Å². The van der Waals surface area contributed by atoms with Gasteiger partial charge in [-0.05, 0) is 47.9 Å². The van der Waals surface area contributed by atoms with Crippen molar-refractivity contribution in [1.29, 1.82) is 0 Å². The lowest BCUT2D eigenvalue weighted by atomic mass is 10.00. The Morgan fingerprint density at radius 2 is 0.909 bits per heavy atom. The molecule has 0 amide bonds. The van der Waals surface area contributed by atoms with Crippen molar-refractivity contribution in [2.45, 2.75) is 79.1 Å². The van der Waals surface area contributed by atoms with Gasteiger partial charge in [-0.25, -0.2) is 0 Å². The van der Waals surface area contributed by atoms with E-state index < -0.39 is 0 Å². The number of benzene rings is 3. The van der Waals surface area contributed by atoms with Crippen LogP contribution in [0.2, 0.25) is 0 Å². The monoisotopic (exact) mass is 594 g/mol. The predicted octanol–water partition coefficient (Wildman–Crippen LogP) is 10.8. The topological polar surface area (TPSA) is 52.6 Å². The maximum atomic E-state index is 11.1. The van der Waals surface area contributed by atoms with Crippen molar-refractivity contribution in [2.24, 2.45) is 11.8 Å². The normalized spacial score (nSPS) is 12.8. The highest BCUT2D eigenvalue weighted by atomic mass is 16.5. The SMILES string of the molecule is CCCCC(CC)COc1cc(/C=C/c2ccc(C=O)cc2)c(OCC(CC)CCCC)cc1/C=C/c1ccc(C=O)cc1. The molecule has 0 radical (unpaired) electrons. The fraction of sp³-hybridized carbons (Fsp3) is 0.400. The van der Waals surface area contributed by atoms with Gasteiger partial charge in [-0.15, -0.1) is 0 Å². The van der Waals surface area contributed by atoms with Crippen LogP contribution in [0.15, 0.2) is 60.7 Å². The van der Waals surface area contributed by atoms with Crippen LogP contribution in [0.1, 0.15) is 122 Å². The van der Waals surface area contributed by atoms with Gasteiger partial charge in [0.25, 0.3) is 0 Å². The molecule has 0 spiro atoms. The van der Waals surface area contributed by atoms with Crippen LogP contribution in [0.4, 0.5) is 0 Å². The van der Waals surface area contributed by atoms with Crippen LogP contribution < -0.4 is 9.47 Å². The number of rotatable bonds is 20. The molecule has 3 aromatic carbocycles. The second-order valence-electron chi connectivity index (χ2n) is 11.6. The summed E-state index contributed by atoms with van der Waals surface area (Å²) < 4.78 is 13.1. The first kappa shape index (κ1) is 34.6. The van der Waals surface area contributed by atoms with Gasteiger partial charge < -0.3 is 9.47 Å². The lowest BCUT2D eigenvalue weighted by Crippen LogP contribution is -2.13. The Morgan fingerprint density at radius 1 is 0.545 bits per heavy atom. The van der Waals surface area contributed by atoms with Crippen molar-refractivity contribution in [3.05, 3.63) is 94.0 Å². The quantitative estimate of drug-likeness (QED) is 0.0964. The largest absolute Gasteiger partial charge is 0.493 e. The molecule has 0 bridgehead atoms. The molecule has 4 nitrogen and oxygen atoms in total. The average Bonchev–Trinajstić information content (AvgIpc) is 3.07. The molecule has 234 valence electrons. The summed E-state index contributed by atoms with van der Waals surface area (Å²) in [5.41, 5.74) is 5.24. The summed E-state index contributed by atoms with van der Waals surface area (Å²) in [5, 5.41) is 0. The third-order valence-electron chi connectivity index (χ3n) is 8.23. The second kappa shape index (κ2) is 19.4. The Bertz CT molecular complexity index is 1230. The van der Waals surface area contributed by atoms with Crippen molar-refractivity contribution in [3.63, 3.8) is 0 Å². The van der Waals surface area contributed by atoms with Crippen molar-refractivity contribution in [2.75, 3.05) is 13.2 Å². The minimum atomic E-state index is 0.498. The van der Waals surface area contributed by atoms with Gasteiger partial charge in [-0.2, -0.15) is 0 Å². The Balaban J connectivity index is 2.02. The van der Waals surface area contributed by atoms with Crippen molar-refractivity contribution in [3.8, 4) is 11.5 Å². The van der Waals surface area contributed by atoms with Gasteiger partial charge in [0.1, 0.15) is 24.1 Å². The number of carbonyl (C=O) groups is 2. The number of hydrogen-bond donors (Lipinski definition) is 0. The highest BCUT2D eigenvalue weighted by molar-refractivity contribution is 5.81. The highest BCUT2D eigenvalue weighted by Crippen LogP contribution is 2.34. The molecule has 0 aliphatic carbocycles. The van der Waals surface area contributed by atoms with Crippen LogP contribution in [0.25, 0.3) is 24.3 Å². The summed E-state index contributed by atoms with van der Waals surface area (Å²) in [7, 11) is 0. The first-order valence-corrected chi connectivity index (χ1v) is 16.4. The first-order valence-electron chi connectivity index (χ1n) is 16.4. The molecule has 0 aliphatic heterocycles. The fourth-order valence-electron chi connectivity index (χ4n) is 5.06. The number of hydrogen-bond acceptors (Lipinski definition) is 4. The molecule has 0 aromatic heterocycles. The molecule has 0 saturated carbocycles. The van der Waals surface area contributed by atoms with Crippen LogP contribution in [0.5, 0.6) is 11.5 Å². The lowest BCUT2D eigenvalue weighted by Gasteiger charge is -2.20. The van der Waals surface area contributed by atoms with Gasteiger partial charge in [0, 0.05) is 22.3 Å². The molecular formula is C40H50O4. The molecule has 0 aliphatic rings. The maximum absolute atomic E-state index is 11.1. The van der Waals surface area contributed by atoms with Gasteiger partial charge in [0.05, 0.1) is 13.2 Å². The van der Waals surface area contributed by atoms with E-state index in [1.807, 2.05) is 48.5 Å². The van der Waals surface area contributed by atoms with E-state index in [2.05, 4.69) is 64.1 Å². The molecule has 3 aromatic rings. The van der Waals surface area contributed by atoms with Crippen molar-refractivity contribution < 1.29 is 19.1 Å². The Labute approximate surface area is 265 Å². The van der Waals surface area contributed by atoms with E-state index in [9.17, 15) is 9.59 Å². The summed E-state index contributed by atoms with van der Waals surface area (Å²) in [6.45, 7) is 10.3. The molecule has 0 heterocycles. The number of aldehydes is 2. The Kier molecular flexibility index (Phi) is 15.2. The smallest absolute Gasteiger partial charge is 0.150 e. The van der Waals surface area contributed by atoms with Gasteiger partial charge >= 0.3 is 0 Å². The Morgan fingerprint density at radius 3 is 1.23 bits per heavy atom. The summed E-state index contributed by atoms with van der Waals surface area (Å²) in [5.74, 6) is 2.64. The first-order chi connectivity index (χ1) is 21.5. The van der Waals surface area contributed by atoms with E-state index in [0.717, 1.165) is 72.0 Å². The summed E-state index contributed by atoms with van der Waals surface area (Å²) in [6, 6.07) is 19.3. The molecule has 2 atom stereocenters. The third kappa shape index (κ3) is 11.3. The van der Waals surface area contributed by atoms with Crippen LogP contribution in [-0.2, 0) is 0 Å². The lowest BCUT2D eigenvalue weighted by molar-refractivity contribution is 0.111. The van der Waals surface area contributed by atoms with Gasteiger partial charge in [0.15, 0.2) is 0 Å². The summed E-state index contributed by atoms with van der Waals surface area (Å²) >= 11 is 0. The maximum Gasteiger partial charge on any atom is 0.150 e. The average molecular weight is 595 g/mol. The number of unbranched alkanes of at least 4 members (excludes halogenated alkanes) is 2. The predicted molar refractivity (Wildman–Crippen MR) is 186 cm³/mol. The highest BCUT2D eigenvalue weighted by Gasteiger charge is 2.15. The zero-order valence-electron chi connectivity index (χ0n) is 27.1. The molecule has 4 heteroatoms. The minimum absolute atomic E-state index is 0.498. The van der Waals surface area contributed by atoms with E-state index in [4.69, 9.17) is 9.47 Å². The van der Waals surface area contributed by atoms with Crippen LogP contribution in [0.3, 0.4) is 0 Å². The zero-order valence-corrected chi connectivity index (χ0v) is 27.1.